The molecule has 1 heterocycles. The molecular weight excluding hydrogens is 401 g/mol. The fourth-order valence-corrected chi connectivity index (χ4v) is 4.02. The van der Waals surface area contributed by atoms with E-state index in [0.717, 1.165) is 5.56 Å². The highest BCUT2D eigenvalue weighted by molar-refractivity contribution is 8.15. The number of hydrogen-bond donors (Lipinski definition) is 1. The molecule has 2 aromatic rings. The summed E-state index contributed by atoms with van der Waals surface area (Å²) in [6.07, 6.45) is 0.0758. The van der Waals surface area contributed by atoms with Gasteiger partial charge in [0, 0.05) is 23.7 Å². The number of aryl methyl sites for hydroxylation is 1. The third-order valence-corrected chi connectivity index (χ3v) is 5.83. The molecular formula is C20H19ClFN3O2S. The summed E-state index contributed by atoms with van der Waals surface area (Å²) in [6, 6.07) is 10.9. The van der Waals surface area contributed by atoms with Crippen LogP contribution in [0, 0.1) is 12.7 Å². The van der Waals surface area contributed by atoms with E-state index in [-0.39, 0.29) is 24.1 Å². The number of rotatable bonds is 4. The first-order chi connectivity index (χ1) is 13.4. The van der Waals surface area contributed by atoms with Crippen LogP contribution in [0.3, 0.4) is 0 Å². The maximum Gasteiger partial charge on any atom is 0.238 e. The van der Waals surface area contributed by atoms with E-state index in [1.807, 2.05) is 19.9 Å². The molecule has 2 aromatic carbocycles. The molecule has 3 rings (SSSR count). The van der Waals surface area contributed by atoms with Crippen LogP contribution in [0.5, 0.6) is 0 Å². The first-order valence-electron chi connectivity index (χ1n) is 8.75. The van der Waals surface area contributed by atoms with Crippen molar-refractivity contribution in [1.82, 2.24) is 4.90 Å². The monoisotopic (exact) mass is 419 g/mol. The lowest BCUT2D eigenvalue weighted by Crippen LogP contribution is -2.45. The standard InChI is InChI=1S/C20H19ClFN3O2S/c1-3-25-18(26)11-17(19(27)23-15-7-4-12(2)16(21)10-15)28-20(25)24-14-8-5-13(22)6-9-14/h4-10,17H,3,11H2,1-2H3,(H,23,27). The van der Waals surface area contributed by atoms with Crippen LogP contribution in [0.1, 0.15) is 18.9 Å². The van der Waals surface area contributed by atoms with Crippen LogP contribution in [0.2, 0.25) is 5.02 Å². The average molecular weight is 420 g/mol. The van der Waals surface area contributed by atoms with Crippen LogP contribution < -0.4 is 5.32 Å². The molecule has 1 unspecified atom stereocenters. The lowest BCUT2D eigenvalue weighted by atomic mass is 10.2. The van der Waals surface area contributed by atoms with Crippen molar-refractivity contribution in [3.63, 3.8) is 0 Å². The molecule has 0 saturated carbocycles. The van der Waals surface area contributed by atoms with Gasteiger partial charge < -0.3 is 5.32 Å². The number of amides is 2. The first-order valence-corrected chi connectivity index (χ1v) is 10.0. The second-order valence-corrected chi connectivity index (χ2v) is 7.85. The Hall–Kier alpha value is -2.38. The summed E-state index contributed by atoms with van der Waals surface area (Å²) in [5.74, 6) is -0.831. The van der Waals surface area contributed by atoms with E-state index in [2.05, 4.69) is 10.3 Å². The van der Waals surface area contributed by atoms with Gasteiger partial charge in [-0.25, -0.2) is 9.38 Å². The van der Waals surface area contributed by atoms with E-state index in [0.29, 0.717) is 28.1 Å². The largest absolute Gasteiger partial charge is 0.325 e. The molecule has 0 aromatic heterocycles. The topological polar surface area (TPSA) is 61.8 Å². The molecule has 1 aliphatic heterocycles. The van der Waals surface area contributed by atoms with E-state index in [4.69, 9.17) is 11.6 Å². The summed E-state index contributed by atoms with van der Waals surface area (Å²) in [4.78, 5) is 31.2. The Morgan fingerprint density at radius 1 is 1.32 bits per heavy atom. The smallest absolute Gasteiger partial charge is 0.238 e. The van der Waals surface area contributed by atoms with Gasteiger partial charge in [-0.3, -0.25) is 14.5 Å². The van der Waals surface area contributed by atoms with Crippen molar-refractivity contribution in [2.75, 3.05) is 11.9 Å². The van der Waals surface area contributed by atoms with Gasteiger partial charge in [0.1, 0.15) is 11.1 Å². The van der Waals surface area contributed by atoms with Crippen LogP contribution in [-0.2, 0) is 9.59 Å². The number of halogens is 2. The maximum absolute atomic E-state index is 13.1. The quantitative estimate of drug-likeness (QED) is 0.776. The predicted molar refractivity (Wildman–Crippen MR) is 112 cm³/mol. The van der Waals surface area contributed by atoms with E-state index in [1.54, 1.807) is 12.1 Å². The van der Waals surface area contributed by atoms with Crippen LogP contribution in [-0.4, -0.2) is 33.7 Å². The van der Waals surface area contributed by atoms with Gasteiger partial charge in [0.2, 0.25) is 11.8 Å². The van der Waals surface area contributed by atoms with Crippen molar-refractivity contribution in [1.29, 1.82) is 0 Å². The summed E-state index contributed by atoms with van der Waals surface area (Å²) in [5, 5.41) is 3.17. The minimum absolute atomic E-state index is 0.0758. The molecule has 1 atom stereocenters. The van der Waals surface area contributed by atoms with Crippen LogP contribution in [0.25, 0.3) is 0 Å². The molecule has 2 amide bonds. The van der Waals surface area contributed by atoms with Gasteiger partial charge in [-0.15, -0.1) is 0 Å². The Kier molecular flexibility index (Phi) is 6.36. The number of carbonyl (C=O) groups excluding carboxylic acids is 2. The van der Waals surface area contributed by atoms with Gasteiger partial charge in [-0.1, -0.05) is 29.4 Å². The van der Waals surface area contributed by atoms with Gasteiger partial charge in [0.25, 0.3) is 0 Å². The molecule has 1 fully saturated rings. The zero-order valence-electron chi connectivity index (χ0n) is 15.4. The molecule has 0 spiro atoms. The Labute approximate surface area is 172 Å². The van der Waals surface area contributed by atoms with Crippen molar-refractivity contribution in [3.8, 4) is 0 Å². The molecule has 0 bridgehead atoms. The first kappa shape index (κ1) is 20.4. The zero-order chi connectivity index (χ0) is 20.3. The molecule has 146 valence electrons. The lowest BCUT2D eigenvalue weighted by Gasteiger charge is -2.30. The average Bonchev–Trinajstić information content (AvgIpc) is 2.66. The van der Waals surface area contributed by atoms with Gasteiger partial charge in [-0.05, 0) is 55.8 Å². The summed E-state index contributed by atoms with van der Waals surface area (Å²) < 4.78 is 13.1. The predicted octanol–water partition coefficient (Wildman–Crippen LogP) is 4.77. The van der Waals surface area contributed by atoms with Gasteiger partial charge >= 0.3 is 0 Å². The molecule has 1 saturated heterocycles. The fourth-order valence-electron chi connectivity index (χ4n) is 2.67. The summed E-state index contributed by atoms with van der Waals surface area (Å²) in [6.45, 7) is 4.15. The second-order valence-electron chi connectivity index (χ2n) is 6.27. The highest BCUT2D eigenvalue weighted by atomic mass is 35.5. The SMILES string of the molecule is CCN1C(=O)CC(C(=O)Nc2ccc(C)c(Cl)c2)SC1=Nc1ccc(F)cc1. The summed E-state index contributed by atoms with van der Waals surface area (Å²) >= 11 is 7.32. The van der Waals surface area contributed by atoms with E-state index in [9.17, 15) is 14.0 Å². The van der Waals surface area contributed by atoms with Crippen molar-refractivity contribution >= 4 is 51.7 Å². The molecule has 1 aliphatic rings. The number of carbonyl (C=O) groups is 2. The number of amidine groups is 1. The van der Waals surface area contributed by atoms with E-state index >= 15 is 0 Å². The highest BCUT2D eigenvalue weighted by Gasteiger charge is 2.35. The number of nitrogens with zero attached hydrogens (tertiary/aromatic N) is 2. The third kappa shape index (κ3) is 4.72. The Morgan fingerprint density at radius 3 is 2.68 bits per heavy atom. The number of aliphatic imine (C=N–C) groups is 1. The van der Waals surface area contributed by atoms with Crippen molar-refractivity contribution in [2.45, 2.75) is 25.5 Å². The minimum Gasteiger partial charge on any atom is -0.325 e. The van der Waals surface area contributed by atoms with Gasteiger partial charge in [0.05, 0.1) is 5.69 Å². The van der Waals surface area contributed by atoms with Crippen molar-refractivity contribution in [3.05, 3.63) is 58.9 Å². The fraction of sp³-hybridized carbons (Fsp3) is 0.250. The van der Waals surface area contributed by atoms with Gasteiger partial charge in [-0.2, -0.15) is 0 Å². The van der Waals surface area contributed by atoms with Crippen LogP contribution in [0.4, 0.5) is 15.8 Å². The number of benzene rings is 2. The molecule has 0 aliphatic carbocycles. The Balaban J connectivity index is 1.80. The summed E-state index contributed by atoms with van der Waals surface area (Å²) in [5.41, 5.74) is 2.00. The number of anilines is 1. The zero-order valence-corrected chi connectivity index (χ0v) is 17.0. The molecule has 0 radical (unpaired) electrons. The Bertz CT molecular complexity index is 934. The normalized spacial score (nSPS) is 18.4. The molecule has 28 heavy (non-hydrogen) atoms. The molecule has 8 heteroatoms. The van der Waals surface area contributed by atoms with Crippen LogP contribution >= 0.6 is 23.4 Å². The number of thioether (sulfide) groups is 1. The van der Waals surface area contributed by atoms with E-state index < -0.39 is 5.25 Å². The van der Waals surface area contributed by atoms with Crippen molar-refractivity contribution < 1.29 is 14.0 Å². The minimum atomic E-state index is -0.616. The second kappa shape index (κ2) is 8.75. The van der Waals surface area contributed by atoms with E-state index in [1.165, 1.54) is 40.9 Å². The number of hydrogen-bond acceptors (Lipinski definition) is 4. The third-order valence-electron chi connectivity index (χ3n) is 4.24. The van der Waals surface area contributed by atoms with Crippen molar-refractivity contribution in [2.24, 2.45) is 4.99 Å². The Morgan fingerprint density at radius 2 is 2.04 bits per heavy atom. The molecule has 5 nitrogen and oxygen atoms in total. The lowest BCUT2D eigenvalue weighted by molar-refractivity contribution is -0.129. The van der Waals surface area contributed by atoms with Gasteiger partial charge in [0.15, 0.2) is 5.17 Å². The van der Waals surface area contributed by atoms with Crippen LogP contribution in [0.15, 0.2) is 47.5 Å². The summed E-state index contributed by atoms with van der Waals surface area (Å²) in [7, 11) is 0. The highest BCUT2D eigenvalue weighted by Crippen LogP contribution is 2.30. The maximum atomic E-state index is 13.1. The molecule has 1 N–H and O–H groups in total. The number of nitrogens with one attached hydrogen (secondary N) is 1.